The zero-order valence-electron chi connectivity index (χ0n) is 25.4. The molecule has 9 heteroatoms. The van der Waals surface area contributed by atoms with Crippen molar-refractivity contribution in [2.24, 2.45) is 10.9 Å². The zero-order chi connectivity index (χ0) is 30.7. The highest BCUT2D eigenvalue weighted by Gasteiger charge is 2.46. The summed E-state index contributed by atoms with van der Waals surface area (Å²) in [5.74, 6) is -0.408. The van der Waals surface area contributed by atoms with Crippen LogP contribution in [0.2, 0.25) is 0 Å². The fourth-order valence-corrected chi connectivity index (χ4v) is 6.59. The number of benzene rings is 2. The molecular weight excluding hydrogens is 550 g/mol. The lowest BCUT2D eigenvalue weighted by atomic mass is 9.66. The fraction of sp³-hybridized carbons (Fsp3) is 0.471. The van der Waals surface area contributed by atoms with Crippen LogP contribution in [0.15, 0.2) is 52.7 Å². The van der Waals surface area contributed by atoms with Crippen LogP contribution in [0.1, 0.15) is 82.3 Å². The summed E-state index contributed by atoms with van der Waals surface area (Å²) in [6, 6.07) is 10.9. The van der Waals surface area contributed by atoms with Gasteiger partial charge in [0.2, 0.25) is 0 Å². The van der Waals surface area contributed by atoms with Gasteiger partial charge in [-0.25, -0.2) is 4.79 Å². The van der Waals surface area contributed by atoms with Crippen LogP contribution in [-0.2, 0) is 19.1 Å². The van der Waals surface area contributed by atoms with E-state index >= 15 is 0 Å². The molecule has 0 spiro atoms. The van der Waals surface area contributed by atoms with E-state index in [1.807, 2.05) is 32.0 Å². The molecule has 228 valence electrons. The Bertz CT molecular complexity index is 1470. The van der Waals surface area contributed by atoms with Crippen molar-refractivity contribution in [1.29, 1.82) is 0 Å². The molecule has 0 radical (unpaired) electrons. The zero-order valence-corrected chi connectivity index (χ0v) is 25.4. The van der Waals surface area contributed by atoms with E-state index in [9.17, 15) is 14.4 Å². The van der Waals surface area contributed by atoms with E-state index in [1.54, 1.807) is 32.4 Å². The molecule has 1 unspecified atom stereocenters. The Hall–Kier alpha value is -4.14. The number of esters is 2. The Morgan fingerprint density at radius 1 is 0.884 bits per heavy atom. The van der Waals surface area contributed by atoms with Crippen LogP contribution in [0.25, 0.3) is 0 Å². The third kappa shape index (κ3) is 6.31. The fourth-order valence-electron chi connectivity index (χ4n) is 6.59. The number of carbonyl (C=O) groups excluding carboxylic acids is 3. The van der Waals surface area contributed by atoms with Crippen LogP contribution < -0.4 is 18.9 Å². The Morgan fingerprint density at radius 3 is 2.23 bits per heavy atom. The monoisotopic (exact) mass is 589 g/mol. The third-order valence-electron chi connectivity index (χ3n) is 8.51. The van der Waals surface area contributed by atoms with Gasteiger partial charge in [-0.05, 0) is 87.3 Å². The number of nitrogens with zero attached hydrogens (tertiary/aromatic N) is 1. The molecule has 3 atom stereocenters. The molecule has 0 aromatic heterocycles. The van der Waals surface area contributed by atoms with Crippen molar-refractivity contribution < 1.29 is 38.1 Å². The summed E-state index contributed by atoms with van der Waals surface area (Å²) in [6.07, 6.45) is 4.40. The van der Waals surface area contributed by atoms with Crippen LogP contribution in [-0.4, -0.2) is 50.4 Å². The molecule has 1 aliphatic heterocycles. The minimum atomic E-state index is -0.639. The van der Waals surface area contributed by atoms with Crippen molar-refractivity contribution in [2.45, 2.75) is 77.2 Å². The van der Waals surface area contributed by atoms with Crippen molar-refractivity contribution in [3.63, 3.8) is 0 Å². The predicted molar refractivity (Wildman–Crippen MR) is 160 cm³/mol. The second kappa shape index (κ2) is 13.0. The SMILES string of the molecule is CCOc1cc([C@H]2C(C(=O)OC3CCCC3)=C(C)N=C3C[C@H](c4ccc(OC)c(OC)c4)CC(=O)C32)ccc1OC(C)=O. The van der Waals surface area contributed by atoms with Gasteiger partial charge in [0.25, 0.3) is 0 Å². The van der Waals surface area contributed by atoms with Crippen LogP contribution in [0.4, 0.5) is 0 Å². The smallest absolute Gasteiger partial charge is 0.336 e. The number of allylic oxidation sites excluding steroid dienone is 1. The first-order valence-corrected chi connectivity index (χ1v) is 14.9. The summed E-state index contributed by atoms with van der Waals surface area (Å²) in [5.41, 5.74) is 3.33. The molecule has 0 bridgehead atoms. The molecule has 0 N–H and O–H groups in total. The molecule has 0 saturated heterocycles. The van der Waals surface area contributed by atoms with E-state index < -0.39 is 23.8 Å². The number of aliphatic imine (C=N–C) groups is 1. The molecule has 3 aliphatic rings. The molecule has 0 amide bonds. The highest BCUT2D eigenvalue weighted by Crippen LogP contribution is 2.48. The maximum Gasteiger partial charge on any atom is 0.336 e. The second-order valence-corrected chi connectivity index (χ2v) is 11.3. The van der Waals surface area contributed by atoms with Crippen LogP contribution in [0.3, 0.4) is 0 Å². The highest BCUT2D eigenvalue weighted by molar-refractivity contribution is 6.12. The molecule has 2 saturated carbocycles. The van der Waals surface area contributed by atoms with E-state index in [0.29, 0.717) is 47.1 Å². The Kier molecular flexibility index (Phi) is 9.18. The second-order valence-electron chi connectivity index (χ2n) is 11.3. The molecule has 43 heavy (non-hydrogen) atoms. The first-order valence-electron chi connectivity index (χ1n) is 14.9. The van der Waals surface area contributed by atoms with E-state index in [2.05, 4.69) is 0 Å². The van der Waals surface area contributed by atoms with Crippen molar-refractivity contribution in [2.75, 3.05) is 20.8 Å². The van der Waals surface area contributed by atoms with Gasteiger partial charge in [0.05, 0.1) is 32.3 Å². The first-order chi connectivity index (χ1) is 20.7. The highest BCUT2D eigenvalue weighted by atomic mass is 16.6. The summed E-state index contributed by atoms with van der Waals surface area (Å²) >= 11 is 0. The molecular formula is C34H39NO8. The predicted octanol–water partition coefficient (Wildman–Crippen LogP) is 6.09. The lowest BCUT2D eigenvalue weighted by Gasteiger charge is -2.38. The van der Waals surface area contributed by atoms with Gasteiger partial charge in [0, 0.05) is 30.7 Å². The van der Waals surface area contributed by atoms with Crippen molar-refractivity contribution in [3.8, 4) is 23.0 Å². The average Bonchev–Trinajstić information content (AvgIpc) is 3.49. The first kappa shape index (κ1) is 30.3. The van der Waals surface area contributed by atoms with E-state index in [4.69, 9.17) is 28.7 Å². The van der Waals surface area contributed by atoms with Gasteiger partial charge >= 0.3 is 11.9 Å². The molecule has 2 aromatic carbocycles. The summed E-state index contributed by atoms with van der Waals surface area (Å²) in [6.45, 7) is 5.31. The third-order valence-corrected chi connectivity index (χ3v) is 8.51. The largest absolute Gasteiger partial charge is 0.493 e. The molecule has 1 heterocycles. The average molecular weight is 590 g/mol. The van der Waals surface area contributed by atoms with Crippen molar-refractivity contribution in [1.82, 2.24) is 0 Å². The van der Waals surface area contributed by atoms with Gasteiger partial charge in [0.15, 0.2) is 23.0 Å². The molecule has 2 aromatic rings. The molecule has 9 nitrogen and oxygen atoms in total. The van der Waals surface area contributed by atoms with E-state index in [0.717, 1.165) is 37.0 Å². The number of ketones is 1. The lowest BCUT2D eigenvalue weighted by Crippen LogP contribution is -2.41. The summed E-state index contributed by atoms with van der Waals surface area (Å²) in [4.78, 5) is 44.5. The number of ether oxygens (including phenoxy) is 5. The van der Waals surface area contributed by atoms with Crippen LogP contribution in [0, 0.1) is 5.92 Å². The van der Waals surface area contributed by atoms with Crippen molar-refractivity contribution in [3.05, 3.63) is 58.8 Å². The Balaban J connectivity index is 1.56. The van der Waals surface area contributed by atoms with Gasteiger partial charge < -0.3 is 23.7 Å². The summed E-state index contributed by atoms with van der Waals surface area (Å²) in [5, 5.41) is 0. The summed E-state index contributed by atoms with van der Waals surface area (Å²) in [7, 11) is 3.17. The minimum absolute atomic E-state index is 0.00419. The standard InChI is InChI=1S/C34H39NO8/c1-6-41-30-18-22(12-14-28(30)42-20(3)36)32-31(34(38)43-24-9-7-8-10-24)19(2)35-25-15-23(16-26(37)33(25)32)21-11-13-27(39-4)29(17-21)40-5/h11-14,17-18,23-24,32-33H,6-10,15-16H2,1-5H3/t23-,32-,33?/m0/s1. The normalized spacial score (nSPS) is 22.0. The van der Waals surface area contributed by atoms with Gasteiger partial charge in [-0.2, -0.15) is 0 Å². The topological polar surface area (TPSA) is 110 Å². The van der Waals surface area contributed by atoms with Gasteiger partial charge in [-0.1, -0.05) is 12.1 Å². The Morgan fingerprint density at radius 2 is 1.56 bits per heavy atom. The number of carbonyl (C=O) groups is 3. The summed E-state index contributed by atoms with van der Waals surface area (Å²) < 4.78 is 28.1. The number of Topliss-reactive ketones (excluding diaryl/α,β-unsaturated/α-hetero) is 1. The maximum absolute atomic E-state index is 14.1. The van der Waals surface area contributed by atoms with Crippen LogP contribution in [0.5, 0.6) is 23.0 Å². The van der Waals surface area contributed by atoms with Crippen molar-refractivity contribution >= 4 is 23.4 Å². The minimum Gasteiger partial charge on any atom is -0.493 e. The number of hydrogen-bond donors (Lipinski definition) is 0. The van der Waals surface area contributed by atoms with Gasteiger partial charge in [0.1, 0.15) is 11.9 Å². The quantitative estimate of drug-likeness (QED) is 0.255. The van der Waals surface area contributed by atoms with Gasteiger partial charge in [-0.3, -0.25) is 14.6 Å². The number of fused-ring (bicyclic) bond motifs is 1. The van der Waals surface area contributed by atoms with Gasteiger partial charge in [-0.15, -0.1) is 0 Å². The maximum atomic E-state index is 14.1. The van der Waals surface area contributed by atoms with E-state index in [1.165, 1.54) is 6.92 Å². The number of hydrogen-bond acceptors (Lipinski definition) is 9. The number of methoxy groups -OCH3 is 2. The molecule has 5 rings (SSSR count). The number of rotatable bonds is 9. The lowest BCUT2D eigenvalue weighted by molar-refractivity contribution is -0.144. The molecule has 2 fully saturated rings. The molecule has 2 aliphatic carbocycles. The van der Waals surface area contributed by atoms with E-state index in [-0.39, 0.29) is 30.0 Å². The Labute approximate surface area is 252 Å². The van der Waals surface area contributed by atoms with Crippen LogP contribution >= 0.6 is 0 Å².